The molecule has 0 bridgehead atoms. The van der Waals surface area contributed by atoms with Crippen molar-refractivity contribution in [1.29, 1.82) is 0 Å². The smallest absolute Gasteiger partial charge is 0.325 e. The van der Waals surface area contributed by atoms with Crippen LogP contribution in [0.15, 0.2) is 36.4 Å². The molecule has 3 aromatic rings. The summed E-state index contributed by atoms with van der Waals surface area (Å²) in [5.41, 5.74) is 5.03. The Morgan fingerprint density at radius 3 is 1.40 bits per heavy atom. The van der Waals surface area contributed by atoms with Crippen LogP contribution in [0.3, 0.4) is 0 Å². The Bertz CT molecular complexity index is 2120. The van der Waals surface area contributed by atoms with E-state index in [1.807, 2.05) is 20.8 Å². The zero-order chi connectivity index (χ0) is 47.0. The van der Waals surface area contributed by atoms with Crippen LogP contribution in [-0.4, -0.2) is 65.2 Å². The number of nitrogens with one attached hydrogen (secondary N) is 2. The van der Waals surface area contributed by atoms with E-state index < -0.39 is 65.0 Å². The number of alkyl halides is 3. The second kappa shape index (κ2) is 20.7. The largest absolute Gasteiger partial charge is 0.471 e. The molecule has 10 nitrogen and oxygen atoms in total. The van der Waals surface area contributed by atoms with Gasteiger partial charge in [-0.1, -0.05) is 119 Å². The molecule has 0 saturated carbocycles. The van der Waals surface area contributed by atoms with Crippen molar-refractivity contribution in [2.75, 3.05) is 15.1 Å². The Kier molecular flexibility index (Phi) is 18.4. The van der Waals surface area contributed by atoms with E-state index in [1.54, 1.807) is 32.6 Å². The van der Waals surface area contributed by atoms with Gasteiger partial charge in [0.25, 0.3) is 5.91 Å². The predicted octanol–water partition coefficient (Wildman–Crippen LogP) is 11.5. The number of hydrogen-bond acceptors (Lipinski definition) is 6. The van der Waals surface area contributed by atoms with Crippen LogP contribution in [0.25, 0.3) is 0 Å². The monoisotopic (exact) mass is 998 g/mol. The average molecular weight is 1000 g/mol. The Morgan fingerprint density at radius 1 is 0.694 bits per heavy atom. The maximum Gasteiger partial charge on any atom is 0.471 e. The minimum Gasteiger partial charge on any atom is -0.325 e. The number of halogens is 12. The van der Waals surface area contributed by atoms with Gasteiger partial charge in [-0.15, -0.1) is 0 Å². The molecular weight excluding hydrogens is 955 g/mol. The summed E-state index contributed by atoms with van der Waals surface area (Å²) in [6.45, 7) is 15.4. The first kappa shape index (κ1) is 54.9. The second-order valence-electron chi connectivity index (χ2n) is 16.2. The van der Waals surface area contributed by atoms with Crippen LogP contribution in [0.5, 0.6) is 0 Å². The van der Waals surface area contributed by atoms with Crippen molar-refractivity contribution >= 4 is 110 Å². The number of anilines is 3. The van der Waals surface area contributed by atoms with E-state index in [1.165, 1.54) is 38.1 Å². The molecule has 2 heterocycles. The summed E-state index contributed by atoms with van der Waals surface area (Å²) in [5, 5.41) is 4.44. The molecule has 344 valence electrons. The fourth-order valence-electron chi connectivity index (χ4n) is 6.16. The average Bonchev–Trinajstić information content (AvgIpc) is 3.59. The molecule has 0 aromatic heterocycles. The van der Waals surface area contributed by atoms with Gasteiger partial charge in [0.1, 0.15) is 12.2 Å². The van der Waals surface area contributed by atoms with Crippen molar-refractivity contribution in [3.05, 3.63) is 84.0 Å². The van der Waals surface area contributed by atoms with Gasteiger partial charge in [-0.25, -0.2) is 13.2 Å². The minimum absolute atomic E-state index is 0. The van der Waals surface area contributed by atoms with E-state index in [-0.39, 0.29) is 66.8 Å². The summed E-state index contributed by atoms with van der Waals surface area (Å²) in [6, 6.07) is 5.25. The van der Waals surface area contributed by atoms with E-state index in [9.17, 15) is 45.5 Å². The molecule has 2 fully saturated rings. The molecule has 0 spiro atoms. The highest BCUT2D eigenvalue weighted by atomic mass is 35.5. The second-order valence-corrected chi connectivity index (χ2v) is 18.6. The summed E-state index contributed by atoms with van der Waals surface area (Å²) in [6.07, 6.45) is -6.62. The summed E-state index contributed by atoms with van der Waals surface area (Å²) in [4.78, 5) is 51.3. The van der Waals surface area contributed by atoms with Crippen molar-refractivity contribution < 1.29 is 45.5 Å². The van der Waals surface area contributed by atoms with Crippen molar-refractivity contribution in [1.82, 2.24) is 10.2 Å². The maximum absolute atomic E-state index is 13.7. The number of carbonyl (C=O) groups excluding carboxylic acids is 4. The van der Waals surface area contributed by atoms with Crippen LogP contribution in [0, 0.1) is 28.3 Å². The molecule has 0 radical (unpaired) electrons. The number of carbonyl (C=O) groups is 4. The van der Waals surface area contributed by atoms with Crippen LogP contribution in [0.4, 0.5) is 43.4 Å². The van der Waals surface area contributed by atoms with Gasteiger partial charge < -0.3 is 16.0 Å². The van der Waals surface area contributed by atoms with E-state index in [0.717, 1.165) is 17.0 Å². The van der Waals surface area contributed by atoms with Gasteiger partial charge in [0.2, 0.25) is 11.8 Å². The highest BCUT2D eigenvalue weighted by Gasteiger charge is 2.57. The van der Waals surface area contributed by atoms with Gasteiger partial charge in [0.15, 0.2) is 17.5 Å². The number of nitrogens with two attached hydrogens (primary N) is 1. The third kappa shape index (κ3) is 12.5. The van der Waals surface area contributed by atoms with Crippen LogP contribution >= 0.6 is 69.6 Å². The molecule has 4 amide bonds. The molecule has 2 aliphatic heterocycles. The number of rotatable bonds is 4. The number of nitrogens with zero attached hydrogens (tertiary/aromatic N) is 3. The minimum atomic E-state index is -5.15. The molecule has 0 unspecified atom stereocenters. The van der Waals surface area contributed by atoms with E-state index >= 15 is 0 Å². The number of amides is 4. The molecule has 4 N–H and O–H groups in total. The highest BCUT2D eigenvalue weighted by molar-refractivity contribution is 6.36. The van der Waals surface area contributed by atoms with Crippen LogP contribution in [0.1, 0.15) is 69.7 Å². The molecule has 62 heavy (non-hydrogen) atoms. The lowest BCUT2D eigenvalue weighted by atomic mass is 9.90. The Hall–Kier alpha value is -3.22. The van der Waals surface area contributed by atoms with Gasteiger partial charge >= 0.3 is 12.1 Å². The molecule has 3 aromatic carbocycles. The molecule has 2 saturated heterocycles. The Morgan fingerprint density at radius 2 is 1.06 bits per heavy atom. The van der Waals surface area contributed by atoms with Gasteiger partial charge in [-0.2, -0.15) is 13.2 Å². The number of hydrogen-bond donors (Lipinski definition) is 3. The summed E-state index contributed by atoms with van der Waals surface area (Å²) >= 11 is 34.2. The highest BCUT2D eigenvalue weighted by Crippen LogP contribution is 2.42. The fourth-order valence-corrected chi connectivity index (χ4v) is 7.60. The number of benzene rings is 3. The molecule has 0 aliphatic carbocycles. The fraction of sp³-hybridized carbons (Fsp3) is 0.450. The van der Waals surface area contributed by atoms with Crippen molar-refractivity contribution in [2.24, 2.45) is 16.6 Å². The first-order valence-electron chi connectivity index (χ1n) is 18.0. The summed E-state index contributed by atoms with van der Waals surface area (Å²) < 4.78 is 79.4. The van der Waals surface area contributed by atoms with Gasteiger partial charge in [0, 0.05) is 22.5 Å². The zero-order valence-electron chi connectivity index (χ0n) is 33.9. The lowest BCUT2D eigenvalue weighted by Gasteiger charge is -2.40. The van der Waals surface area contributed by atoms with Crippen LogP contribution in [-0.2, 0) is 19.2 Å². The predicted molar refractivity (Wildman–Crippen MR) is 235 cm³/mol. The van der Waals surface area contributed by atoms with Gasteiger partial charge in [-0.3, -0.25) is 34.3 Å². The van der Waals surface area contributed by atoms with Gasteiger partial charge in [-0.05, 0) is 62.6 Å². The van der Waals surface area contributed by atoms with Crippen LogP contribution < -0.4 is 26.2 Å². The molecule has 5 atom stereocenters. The zero-order valence-corrected chi connectivity index (χ0v) is 38.5. The Balaban J connectivity index is 0.000000330. The van der Waals surface area contributed by atoms with Crippen molar-refractivity contribution in [3.8, 4) is 0 Å². The molecule has 5 rings (SSSR count). The lowest BCUT2D eigenvalue weighted by Crippen LogP contribution is -2.55. The lowest BCUT2D eigenvalue weighted by molar-refractivity contribution is -0.190. The molecule has 22 heteroatoms. The van der Waals surface area contributed by atoms with Crippen molar-refractivity contribution in [3.63, 3.8) is 0 Å². The molecular formula is C40H46Cl6F6N6O4. The SMILES string of the molecule is C.C[C@@H](N)C(=O)Nc1cc(Cl)c(F)c(Cl)c1.C[C@@H]1C(=O)N(c2cc(Cl)c(F)c(Cl)c2)[C@@H](C(C)(C)C)N1C(=O)C(F)(F)F.C[C@H]1N[C@H](C(C)(C)C)N(c2cc(Cl)c(F)c(Cl)c2)C1=O. The summed E-state index contributed by atoms with van der Waals surface area (Å²) in [5.74, 6) is -5.64. The molecule has 2 aliphatic rings. The van der Waals surface area contributed by atoms with Gasteiger partial charge in [0.05, 0.1) is 48.4 Å². The third-order valence-corrected chi connectivity index (χ3v) is 10.7. The normalized spacial score (nSPS) is 19.6. The standard InChI is InChI=1S/C16H16Cl2F4N2O2.C14H17Cl2FN2O.C9H9Cl2FN2O.CH4/c1-7-12(25)24(8-5-9(17)11(19)10(18)6-8)13(15(2,3)4)23(7)14(26)16(20,21)22;1-7-12(20)19(13(18-7)14(2,3)4)8-5-9(15)11(17)10(16)6-8;1-4(13)9(15)14-5-2-6(10)8(12)7(11)3-5;/h5-7,13H,1-4H3;5-7,13,18H,1-4H3;2-4H,13H2,1H3,(H,14,15);1H4/t2*7-,13+;4-;/m111./s1. The maximum atomic E-state index is 13.7. The summed E-state index contributed by atoms with van der Waals surface area (Å²) in [7, 11) is 0. The first-order valence-corrected chi connectivity index (χ1v) is 20.3. The van der Waals surface area contributed by atoms with Crippen LogP contribution in [0.2, 0.25) is 30.1 Å². The Labute approximate surface area is 386 Å². The quantitative estimate of drug-likeness (QED) is 0.176. The van der Waals surface area contributed by atoms with E-state index in [2.05, 4.69) is 10.6 Å². The topological polar surface area (TPSA) is 128 Å². The van der Waals surface area contributed by atoms with E-state index in [4.69, 9.17) is 75.3 Å². The van der Waals surface area contributed by atoms with Crippen molar-refractivity contribution in [2.45, 2.75) is 106 Å². The first-order chi connectivity index (χ1) is 27.7. The van der Waals surface area contributed by atoms with E-state index in [0.29, 0.717) is 16.3 Å². The third-order valence-electron chi connectivity index (χ3n) is 9.02.